The van der Waals surface area contributed by atoms with Crippen molar-refractivity contribution in [3.05, 3.63) is 139 Å². The summed E-state index contributed by atoms with van der Waals surface area (Å²) in [6.45, 7) is 0. The summed E-state index contributed by atoms with van der Waals surface area (Å²) in [5.41, 5.74) is 1.23. The summed E-state index contributed by atoms with van der Waals surface area (Å²) in [6, 6.07) is 45.2. The van der Waals surface area contributed by atoms with Crippen LogP contribution in [0.2, 0.25) is 3.93 Å². The maximum absolute atomic E-state index is 6.07. The zero-order valence-corrected chi connectivity index (χ0v) is 23.3. The monoisotopic (exact) mass is 576 g/mol. The van der Waals surface area contributed by atoms with Gasteiger partial charge in [0.05, 0.1) is 0 Å². The molecule has 36 heavy (non-hydrogen) atoms. The van der Waals surface area contributed by atoms with Crippen LogP contribution in [0.5, 0.6) is 0 Å². The molecule has 2 aliphatic carbocycles. The Morgan fingerprint density at radius 2 is 1.17 bits per heavy atom. The van der Waals surface area contributed by atoms with Crippen molar-refractivity contribution >= 4 is 35.3 Å². The molecule has 0 aromatic heterocycles. The SMILES string of the molecule is N/N=C/[C@]1(Cc2ccccc2)[C@H]2C=C[C@H](C2)[C@@H]1[Sn]([c]1ccccc1)([c]1ccccc1)[c]1ccccc1. The fraction of sp³-hybridized carbons (Fsp3) is 0.182. The molecule has 0 aliphatic heterocycles. The summed E-state index contributed by atoms with van der Waals surface area (Å²) in [5.74, 6) is 7.01. The molecule has 2 bridgehead atoms. The number of allylic oxidation sites excluding steroid dienone is 2. The first-order valence-corrected chi connectivity index (χ1v) is 18.8. The number of rotatable bonds is 7. The van der Waals surface area contributed by atoms with Crippen LogP contribution < -0.4 is 16.6 Å². The van der Waals surface area contributed by atoms with Crippen molar-refractivity contribution in [3.63, 3.8) is 0 Å². The van der Waals surface area contributed by atoms with Gasteiger partial charge in [-0.2, -0.15) is 0 Å². The van der Waals surface area contributed by atoms with Gasteiger partial charge in [0.2, 0.25) is 0 Å². The molecule has 6 rings (SSSR count). The van der Waals surface area contributed by atoms with Gasteiger partial charge in [-0.25, -0.2) is 0 Å². The molecule has 0 spiro atoms. The molecule has 2 nitrogen and oxygen atoms in total. The predicted molar refractivity (Wildman–Crippen MR) is 154 cm³/mol. The minimum absolute atomic E-state index is 0.132. The van der Waals surface area contributed by atoms with E-state index in [1.54, 1.807) is 0 Å². The first kappa shape index (κ1) is 23.3. The predicted octanol–water partition coefficient (Wildman–Crippen LogP) is 4.91. The molecule has 0 unspecified atom stereocenters. The van der Waals surface area contributed by atoms with Crippen molar-refractivity contribution in [2.24, 2.45) is 28.2 Å². The van der Waals surface area contributed by atoms with Crippen LogP contribution in [0.25, 0.3) is 0 Å². The van der Waals surface area contributed by atoms with Crippen molar-refractivity contribution in [2.45, 2.75) is 16.8 Å². The average molecular weight is 575 g/mol. The molecule has 0 heterocycles. The van der Waals surface area contributed by atoms with E-state index in [-0.39, 0.29) is 5.41 Å². The van der Waals surface area contributed by atoms with Gasteiger partial charge in [-0.05, 0) is 0 Å². The first-order chi connectivity index (χ1) is 17.8. The fourth-order valence-electron chi connectivity index (χ4n) is 7.42. The summed E-state index contributed by atoms with van der Waals surface area (Å²) in [6.07, 6.45) is 9.26. The molecule has 0 saturated heterocycles. The molecular weight excluding hydrogens is 543 g/mol. The molecule has 1 saturated carbocycles. The number of hydrazone groups is 1. The topological polar surface area (TPSA) is 38.4 Å². The van der Waals surface area contributed by atoms with Crippen LogP contribution in [0.15, 0.2) is 139 Å². The fourth-order valence-corrected chi connectivity index (χ4v) is 25.5. The number of fused-ring (bicyclic) bond motifs is 2. The number of benzene rings is 4. The minimum atomic E-state index is -3.69. The number of nitrogens with zero attached hydrogens (tertiary/aromatic N) is 1. The Balaban J connectivity index is 1.69. The zero-order valence-electron chi connectivity index (χ0n) is 20.4. The van der Waals surface area contributed by atoms with E-state index in [2.05, 4.69) is 145 Å². The molecule has 2 N–H and O–H groups in total. The Labute approximate surface area is 218 Å². The van der Waals surface area contributed by atoms with Crippen LogP contribution >= 0.6 is 0 Å². The van der Waals surface area contributed by atoms with Crippen LogP contribution in [0.3, 0.4) is 0 Å². The Kier molecular flexibility index (Phi) is 6.30. The molecule has 0 radical (unpaired) electrons. The van der Waals surface area contributed by atoms with Gasteiger partial charge in [-0.15, -0.1) is 0 Å². The third-order valence-corrected chi connectivity index (χ3v) is 24.7. The summed E-state index contributed by atoms with van der Waals surface area (Å²) in [4.78, 5) is 0. The molecule has 4 atom stereocenters. The molecule has 4 aromatic carbocycles. The zero-order chi connectivity index (χ0) is 24.4. The van der Waals surface area contributed by atoms with Crippen molar-refractivity contribution in [1.29, 1.82) is 0 Å². The van der Waals surface area contributed by atoms with Gasteiger partial charge in [0, 0.05) is 0 Å². The van der Waals surface area contributed by atoms with Gasteiger partial charge in [0.1, 0.15) is 0 Å². The van der Waals surface area contributed by atoms with Gasteiger partial charge in [-0.1, -0.05) is 0 Å². The second-order valence-electron chi connectivity index (χ2n) is 10.3. The van der Waals surface area contributed by atoms with Crippen molar-refractivity contribution < 1.29 is 0 Å². The molecule has 4 aromatic rings. The maximum atomic E-state index is 6.07. The standard InChI is InChI=1S/C15H17N2.3C6H5.Sn/c16-17-11-15(9-12-4-2-1-3-5-12)10-13-6-7-14(15)8-13;3*1-2-4-6-5-3-1;/h1-7,10-11,13-14H,8-9,16H2;3*1-5H;/b17-11+;;;;/t13-,14+,15-;;;;/m1..../s1. The second kappa shape index (κ2) is 9.74. The number of hydrogen-bond donors (Lipinski definition) is 1. The molecule has 3 heteroatoms. The summed E-state index contributed by atoms with van der Waals surface area (Å²) in [5, 5.41) is 4.32. The summed E-state index contributed by atoms with van der Waals surface area (Å²) < 4.78 is 5.02. The van der Waals surface area contributed by atoms with E-state index in [4.69, 9.17) is 5.84 Å². The van der Waals surface area contributed by atoms with Crippen LogP contribution in [0.1, 0.15) is 12.0 Å². The van der Waals surface area contributed by atoms with E-state index >= 15 is 0 Å². The summed E-state index contributed by atoms with van der Waals surface area (Å²) in [7, 11) is 0. The summed E-state index contributed by atoms with van der Waals surface area (Å²) >= 11 is -3.69. The van der Waals surface area contributed by atoms with Crippen LogP contribution in [-0.4, -0.2) is 24.6 Å². The van der Waals surface area contributed by atoms with Gasteiger partial charge in [-0.3, -0.25) is 0 Å². The van der Waals surface area contributed by atoms with E-state index in [0.717, 1.165) is 6.42 Å². The molecule has 178 valence electrons. The molecule has 0 amide bonds. The Bertz CT molecular complexity index is 1260. The van der Waals surface area contributed by atoms with Gasteiger partial charge < -0.3 is 0 Å². The van der Waals surface area contributed by atoms with Gasteiger partial charge >= 0.3 is 219 Å². The third-order valence-electron chi connectivity index (χ3n) is 8.64. The first-order valence-electron chi connectivity index (χ1n) is 12.9. The van der Waals surface area contributed by atoms with Crippen LogP contribution in [0, 0.1) is 17.3 Å². The van der Waals surface area contributed by atoms with E-state index in [1.807, 2.05) is 0 Å². The van der Waals surface area contributed by atoms with Gasteiger partial charge in [0.15, 0.2) is 0 Å². The van der Waals surface area contributed by atoms with Crippen molar-refractivity contribution in [2.75, 3.05) is 0 Å². The normalized spacial score (nSPS) is 24.9. The Morgan fingerprint density at radius 3 is 1.64 bits per heavy atom. The quantitative estimate of drug-likeness (QED) is 0.110. The Morgan fingerprint density at radius 1 is 0.694 bits per heavy atom. The van der Waals surface area contributed by atoms with E-state index in [1.165, 1.54) is 22.7 Å². The average Bonchev–Trinajstić information content (AvgIpc) is 3.54. The van der Waals surface area contributed by atoms with Crippen LogP contribution in [0.4, 0.5) is 0 Å². The van der Waals surface area contributed by atoms with Gasteiger partial charge in [0.25, 0.3) is 0 Å². The second-order valence-corrected chi connectivity index (χ2v) is 21.7. The van der Waals surface area contributed by atoms with Crippen molar-refractivity contribution in [3.8, 4) is 0 Å². The molecule has 2 aliphatic rings. The van der Waals surface area contributed by atoms with Crippen LogP contribution in [-0.2, 0) is 6.42 Å². The molecule has 1 fully saturated rings. The third kappa shape index (κ3) is 3.65. The van der Waals surface area contributed by atoms with E-state index < -0.39 is 18.4 Å². The van der Waals surface area contributed by atoms with E-state index in [9.17, 15) is 0 Å². The van der Waals surface area contributed by atoms with Crippen molar-refractivity contribution in [1.82, 2.24) is 0 Å². The molecular formula is C33H32N2Sn. The number of hydrogen-bond acceptors (Lipinski definition) is 2. The Hall–Kier alpha value is -3.11. The van der Waals surface area contributed by atoms with E-state index in [0.29, 0.717) is 15.8 Å². The number of nitrogens with two attached hydrogens (primary N) is 1.